The summed E-state index contributed by atoms with van der Waals surface area (Å²) in [6.45, 7) is -2.88. The van der Waals surface area contributed by atoms with Crippen molar-refractivity contribution in [3.05, 3.63) is 33.6 Å². The molecule has 0 fully saturated rings. The van der Waals surface area contributed by atoms with Crippen LogP contribution in [0.4, 0.5) is 8.78 Å². The lowest BCUT2D eigenvalue weighted by Gasteiger charge is -2.05. The van der Waals surface area contributed by atoms with E-state index in [1.807, 2.05) is 0 Å². The van der Waals surface area contributed by atoms with Gasteiger partial charge in [0.15, 0.2) is 0 Å². The Bertz CT molecular complexity index is 515. The third kappa shape index (κ3) is 3.01. The maximum atomic E-state index is 11.9. The van der Waals surface area contributed by atoms with Crippen molar-refractivity contribution in [3.63, 3.8) is 0 Å². The number of ether oxygens (including phenoxy) is 1. The molecule has 90 valence electrons. The molecule has 2 heterocycles. The molecule has 4 nitrogen and oxygen atoms in total. The number of hydrogen-bond donors (Lipinski definition) is 0. The third-order valence-corrected chi connectivity index (χ3v) is 2.76. The molecule has 0 spiro atoms. The number of pyridine rings is 1. The number of aromatic nitrogens is 3. The molecular formula is C9H5Br2F2N3O. The van der Waals surface area contributed by atoms with E-state index in [0.717, 1.165) is 0 Å². The van der Waals surface area contributed by atoms with E-state index in [1.54, 1.807) is 16.8 Å². The van der Waals surface area contributed by atoms with Crippen molar-refractivity contribution in [1.29, 1.82) is 0 Å². The van der Waals surface area contributed by atoms with Crippen molar-refractivity contribution in [1.82, 2.24) is 14.8 Å². The Labute approximate surface area is 112 Å². The molecule has 2 aromatic heterocycles. The molecule has 0 atom stereocenters. The summed E-state index contributed by atoms with van der Waals surface area (Å²) in [4.78, 5) is 3.75. The first-order valence-corrected chi connectivity index (χ1v) is 5.97. The van der Waals surface area contributed by atoms with Crippen LogP contribution in [0.5, 0.6) is 5.88 Å². The quantitative estimate of drug-likeness (QED) is 0.833. The van der Waals surface area contributed by atoms with E-state index in [-0.39, 0.29) is 5.88 Å². The number of hydrogen-bond acceptors (Lipinski definition) is 3. The summed E-state index contributed by atoms with van der Waals surface area (Å²) in [6, 6.07) is 4.68. The van der Waals surface area contributed by atoms with Crippen LogP contribution in [0.25, 0.3) is 5.69 Å². The largest absolute Gasteiger partial charge is 0.417 e. The van der Waals surface area contributed by atoms with Gasteiger partial charge in [0.25, 0.3) is 0 Å². The minimum absolute atomic E-state index is 0.133. The fourth-order valence-electron chi connectivity index (χ4n) is 1.17. The van der Waals surface area contributed by atoms with Crippen LogP contribution >= 0.6 is 31.9 Å². The molecule has 0 bridgehead atoms. The number of alkyl halides is 2. The fourth-order valence-corrected chi connectivity index (χ4v) is 2.35. The second kappa shape index (κ2) is 5.09. The van der Waals surface area contributed by atoms with Crippen LogP contribution in [0, 0.1) is 0 Å². The Morgan fingerprint density at radius 1 is 1.29 bits per heavy atom. The highest BCUT2D eigenvalue weighted by molar-refractivity contribution is 9.11. The molecule has 0 aliphatic carbocycles. The average molecular weight is 369 g/mol. The van der Waals surface area contributed by atoms with Crippen LogP contribution in [-0.4, -0.2) is 21.4 Å². The summed E-state index contributed by atoms with van der Waals surface area (Å²) in [6.07, 6.45) is 1.39. The van der Waals surface area contributed by atoms with Gasteiger partial charge in [-0.25, -0.2) is 9.67 Å². The van der Waals surface area contributed by atoms with Crippen LogP contribution in [-0.2, 0) is 0 Å². The topological polar surface area (TPSA) is 39.9 Å². The molecular weight excluding hydrogens is 364 g/mol. The lowest BCUT2D eigenvalue weighted by atomic mass is 10.4. The average Bonchev–Trinajstić information content (AvgIpc) is 2.58. The highest BCUT2D eigenvalue weighted by atomic mass is 79.9. The zero-order chi connectivity index (χ0) is 12.4. The third-order valence-electron chi connectivity index (χ3n) is 1.81. The van der Waals surface area contributed by atoms with E-state index >= 15 is 0 Å². The van der Waals surface area contributed by atoms with Crippen LogP contribution in [0.1, 0.15) is 0 Å². The summed E-state index contributed by atoms with van der Waals surface area (Å²) in [5, 5.41) is 4.13. The van der Waals surface area contributed by atoms with E-state index in [9.17, 15) is 8.78 Å². The van der Waals surface area contributed by atoms with Crippen LogP contribution in [0.2, 0.25) is 0 Å². The molecule has 0 aliphatic heterocycles. The molecule has 0 saturated heterocycles. The SMILES string of the molecule is FC(F)Oc1ccc(-n2nc(Br)cc2Br)cn1. The summed E-state index contributed by atoms with van der Waals surface area (Å²) in [5.41, 5.74) is 0.629. The first-order valence-electron chi connectivity index (χ1n) is 4.38. The molecule has 0 N–H and O–H groups in total. The minimum Gasteiger partial charge on any atom is -0.417 e. The Kier molecular flexibility index (Phi) is 3.72. The molecule has 0 radical (unpaired) electrons. The monoisotopic (exact) mass is 367 g/mol. The normalized spacial score (nSPS) is 10.9. The van der Waals surface area contributed by atoms with E-state index in [4.69, 9.17) is 0 Å². The standard InChI is InChI=1S/C9H5Br2F2N3O/c10-6-3-7(11)16(15-6)5-1-2-8(14-4-5)17-9(12)13/h1-4,9H. The summed E-state index contributed by atoms with van der Waals surface area (Å²) in [5.74, 6) is -0.133. The van der Waals surface area contributed by atoms with Gasteiger partial charge in [-0.05, 0) is 37.9 Å². The van der Waals surface area contributed by atoms with Gasteiger partial charge in [0, 0.05) is 12.1 Å². The van der Waals surface area contributed by atoms with Crippen molar-refractivity contribution in [2.75, 3.05) is 0 Å². The first kappa shape index (κ1) is 12.4. The zero-order valence-corrected chi connectivity index (χ0v) is 11.3. The fraction of sp³-hybridized carbons (Fsp3) is 0.111. The van der Waals surface area contributed by atoms with Crippen LogP contribution in [0.15, 0.2) is 33.6 Å². The predicted molar refractivity (Wildman–Crippen MR) is 63.4 cm³/mol. The lowest BCUT2D eigenvalue weighted by molar-refractivity contribution is -0.0528. The summed E-state index contributed by atoms with van der Waals surface area (Å²) in [7, 11) is 0. The minimum atomic E-state index is -2.88. The van der Waals surface area contributed by atoms with Gasteiger partial charge in [-0.15, -0.1) is 0 Å². The maximum absolute atomic E-state index is 11.9. The van der Waals surface area contributed by atoms with E-state index in [1.165, 1.54) is 12.3 Å². The van der Waals surface area contributed by atoms with Gasteiger partial charge in [0.05, 0.1) is 11.9 Å². The summed E-state index contributed by atoms with van der Waals surface area (Å²) < 4.78 is 30.9. The number of halogens is 4. The highest BCUT2D eigenvalue weighted by Gasteiger charge is 2.08. The van der Waals surface area contributed by atoms with Crippen molar-refractivity contribution < 1.29 is 13.5 Å². The Morgan fingerprint density at radius 2 is 2.06 bits per heavy atom. The molecule has 0 amide bonds. The van der Waals surface area contributed by atoms with Gasteiger partial charge >= 0.3 is 6.61 Å². The van der Waals surface area contributed by atoms with Crippen LogP contribution in [0.3, 0.4) is 0 Å². The predicted octanol–water partition coefficient (Wildman–Crippen LogP) is 3.39. The number of rotatable bonds is 3. The van der Waals surface area contributed by atoms with Gasteiger partial charge in [-0.2, -0.15) is 13.9 Å². The first-order chi connectivity index (χ1) is 8.06. The van der Waals surface area contributed by atoms with Crippen molar-refractivity contribution in [2.45, 2.75) is 6.61 Å². The Balaban J connectivity index is 2.26. The maximum Gasteiger partial charge on any atom is 0.388 e. The Morgan fingerprint density at radius 3 is 2.53 bits per heavy atom. The van der Waals surface area contributed by atoms with Gasteiger partial charge in [0.1, 0.15) is 9.21 Å². The van der Waals surface area contributed by atoms with Crippen molar-refractivity contribution >= 4 is 31.9 Å². The lowest BCUT2D eigenvalue weighted by Crippen LogP contribution is -2.04. The highest BCUT2D eigenvalue weighted by Crippen LogP contribution is 2.21. The van der Waals surface area contributed by atoms with Gasteiger partial charge in [-0.3, -0.25) is 0 Å². The smallest absolute Gasteiger partial charge is 0.388 e. The molecule has 0 unspecified atom stereocenters. The number of nitrogens with zero attached hydrogens (tertiary/aromatic N) is 3. The van der Waals surface area contributed by atoms with Crippen LogP contribution < -0.4 is 4.74 Å². The van der Waals surface area contributed by atoms with Crippen molar-refractivity contribution in [3.8, 4) is 11.6 Å². The zero-order valence-electron chi connectivity index (χ0n) is 8.15. The molecule has 8 heteroatoms. The molecule has 17 heavy (non-hydrogen) atoms. The summed E-state index contributed by atoms with van der Waals surface area (Å²) >= 11 is 6.53. The molecule has 0 aliphatic rings. The van der Waals surface area contributed by atoms with Gasteiger partial charge in [-0.1, -0.05) is 0 Å². The second-order valence-corrected chi connectivity index (χ2v) is 4.56. The Hall–Kier alpha value is -1.02. The van der Waals surface area contributed by atoms with Gasteiger partial charge < -0.3 is 4.74 Å². The van der Waals surface area contributed by atoms with Gasteiger partial charge in [0.2, 0.25) is 5.88 Å². The second-order valence-electron chi connectivity index (χ2n) is 2.93. The van der Waals surface area contributed by atoms with E-state index in [2.05, 4.69) is 46.7 Å². The van der Waals surface area contributed by atoms with E-state index < -0.39 is 6.61 Å². The molecule has 0 saturated carbocycles. The van der Waals surface area contributed by atoms with Crippen molar-refractivity contribution in [2.24, 2.45) is 0 Å². The van der Waals surface area contributed by atoms with E-state index in [0.29, 0.717) is 14.9 Å². The molecule has 2 aromatic rings. The molecule has 2 rings (SSSR count). The molecule has 0 aromatic carbocycles.